The van der Waals surface area contributed by atoms with Gasteiger partial charge in [-0.1, -0.05) is 0 Å². The van der Waals surface area contributed by atoms with Gasteiger partial charge in [0.25, 0.3) is 0 Å². The van der Waals surface area contributed by atoms with Gasteiger partial charge in [0.2, 0.25) is 0 Å². The number of carbonyl (C=O) groups excluding carboxylic acids is 1. The molecule has 20 heavy (non-hydrogen) atoms. The lowest BCUT2D eigenvalue weighted by molar-refractivity contribution is -0.137. The van der Waals surface area contributed by atoms with Crippen LogP contribution in [0.5, 0.6) is 5.75 Å². The smallest absolute Gasteiger partial charge is 0.321 e. The predicted octanol–water partition coefficient (Wildman–Crippen LogP) is 1.51. The number of anilines is 1. The summed E-state index contributed by atoms with van der Waals surface area (Å²) in [6.07, 6.45) is -0.140. The highest BCUT2D eigenvalue weighted by atomic mass is 16.5. The zero-order valence-corrected chi connectivity index (χ0v) is 11.2. The molecule has 106 valence electrons. The number of urea groups is 1. The van der Waals surface area contributed by atoms with Gasteiger partial charge in [0.05, 0.1) is 30.9 Å². The fourth-order valence-electron chi connectivity index (χ4n) is 1.45. The third kappa shape index (κ3) is 4.17. The maximum absolute atomic E-state index is 11.9. The zero-order chi connectivity index (χ0) is 15.1. The second-order valence-corrected chi connectivity index (χ2v) is 4.02. The number of carboxylic acids is 1. The number of benzene rings is 1. The maximum Gasteiger partial charge on any atom is 0.321 e. The molecule has 0 aromatic heterocycles. The fourth-order valence-corrected chi connectivity index (χ4v) is 1.45. The van der Waals surface area contributed by atoms with E-state index >= 15 is 0 Å². The largest absolute Gasteiger partial charge is 0.495 e. The summed E-state index contributed by atoms with van der Waals surface area (Å²) in [5.74, 6) is -0.558. The molecule has 2 N–H and O–H groups in total. The van der Waals surface area contributed by atoms with E-state index in [9.17, 15) is 9.59 Å². The highest BCUT2D eigenvalue weighted by Gasteiger charge is 2.13. The van der Waals surface area contributed by atoms with Gasteiger partial charge in [-0.3, -0.25) is 4.79 Å². The lowest BCUT2D eigenvalue weighted by atomic mass is 10.2. The van der Waals surface area contributed by atoms with Crippen LogP contribution in [0.1, 0.15) is 12.0 Å². The molecule has 0 atom stereocenters. The standard InChI is InChI=1S/C13H15N3O4/c1-16(6-5-12(17)18)13(19)15-10-7-9(8-14)3-4-11(10)20-2/h3-4,7H,5-6H2,1-2H3,(H,15,19)(H,17,18). The normalized spacial score (nSPS) is 9.45. The summed E-state index contributed by atoms with van der Waals surface area (Å²) in [4.78, 5) is 23.6. The van der Waals surface area contributed by atoms with Crippen molar-refractivity contribution in [2.75, 3.05) is 26.0 Å². The summed E-state index contributed by atoms with van der Waals surface area (Å²) in [5, 5.41) is 20.0. The van der Waals surface area contributed by atoms with E-state index in [4.69, 9.17) is 15.1 Å². The lowest BCUT2D eigenvalue weighted by Gasteiger charge is -2.18. The van der Waals surface area contributed by atoms with Crippen LogP contribution in [0.25, 0.3) is 0 Å². The van der Waals surface area contributed by atoms with Gasteiger partial charge in [0.1, 0.15) is 5.75 Å². The number of hydrogen-bond acceptors (Lipinski definition) is 4. The van der Waals surface area contributed by atoms with Crippen molar-refractivity contribution >= 4 is 17.7 Å². The minimum Gasteiger partial charge on any atom is -0.495 e. The van der Waals surface area contributed by atoms with Crippen molar-refractivity contribution in [3.05, 3.63) is 23.8 Å². The molecule has 1 aromatic rings. The van der Waals surface area contributed by atoms with Crippen molar-refractivity contribution in [3.63, 3.8) is 0 Å². The summed E-state index contributed by atoms with van der Waals surface area (Å²) < 4.78 is 5.09. The van der Waals surface area contributed by atoms with Crippen molar-refractivity contribution in [2.45, 2.75) is 6.42 Å². The molecule has 0 saturated heterocycles. The maximum atomic E-state index is 11.9. The van der Waals surface area contributed by atoms with Crippen LogP contribution >= 0.6 is 0 Å². The molecule has 1 rings (SSSR count). The third-order valence-corrected chi connectivity index (χ3v) is 2.58. The molecule has 0 aliphatic rings. The number of amides is 2. The Labute approximate surface area is 116 Å². The van der Waals surface area contributed by atoms with Crippen molar-refractivity contribution in [1.29, 1.82) is 5.26 Å². The van der Waals surface area contributed by atoms with Crippen molar-refractivity contribution < 1.29 is 19.4 Å². The summed E-state index contributed by atoms with van der Waals surface area (Å²) in [5.41, 5.74) is 0.744. The van der Waals surface area contributed by atoms with Gasteiger partial charge in [0, 0.05) is 13.6 Å². The summed E-state index contributed by atoms with van der Waals surface area (Å²) in [6.45, 7) is 0.0847. The molecule has 7 heteroatoms. The number of nitrogens with one attached hydrogen (secondary N) is 1. The molecule has 7 nitrogen and oxygen atoms in total. The van der Waals surface area contributed by atoms with E-state index in [1.807, 2.05) is 6.07 Å². The number of ether oxygens (including phenoxy) is 1. The lowest BCUT2D eigenvalue weighted by Crippen LogP contribution is -2.33. The molecule has 0 radical (unpaired) electrons. The van der Waals surface area contributed by atoms with E-state index < -0.39 is 12.0 Å². The Balaban J connectivity index is 2.79. The monoisotopic (exact) mass is 277 g/mol. The molecule has 0 aliphatic carbocycles. The van der Waals surface area contributed by atoms with E-state index in [0.717, 1.165) is 0 Å². The SMILES string of the molecule is COc1ccc(C#N)cc1NC(=O)N(C)CCC(=O)O. The number of aliphatic carboxylic acids is 1. The number of nitriles is 1. The van der Waals surface area contributed by atoms with Crippen LogP contribution in [0.15, 0.2) is 18.2 Å². The van der Waals surface area contributed by atoms with E-state index in [1.165, 1.54) is 25.1 Å². The number of carbonyl (C=O) groups is 2. The molecule has 0 spiro atoms. The Morgan fingerprint density at radius 2 is 2.20 bits per heavy atom. The third-order valence-electron chi connectivity index (χ3n) is 2.58. The number of methoxy groups -OCH3 is 1. The molecule has 0 aliphatic heterocycles. The molecule has 2 amide bonds. The Kier molecular flexibility index (Phi) is 5.35. The minimum atomic E-state index is -0.978. The molecule has 0 bridgehead atoms. The first-order chi connectivity index (χ1) is 9.47. The number of carboxylic acid groups (broad SMARTS) is 1. The van der Waals surface area contributed by atoms with Gasteiger partial charge >= 0.3 is 12.0 Å². The Bertz CT molecular complexity index is 551. The molecule has 1 aromatic carbocycles. The topological polar surface area (TPSA) is 103 Å². The van der Waals surface area contributed by atoms with Crippen molar-refractivity contribution in [2.24, 2.45) is 0 Å². The number of rotatable bonds is 5. The van der Waals surface area contributed by atoms with Crippen molar-refractivity contribution in [3.8, 4) is 11.8 Å². The van der Waals surface area contributed by atoms with Crippen LogP contribution in [-0.2, 0) is 4.79 Å². The first kappa shape index (κ1) is 15.3. The van der Waals surface area contributed by atoms with E-state index in [2.05, 4.69) is 5.32 Å². The molecular weight excluding hydrogens is 262 g/mol. The Morgan fingerprint density at radius 3 is 2.75 bits per heavy atom. The highest BCUT2D eigenvalue weighted by Crippen LogP contribution is 2.25. The van der Waals surface area contributed by atoms with Gasteiger partial charge < -0.3 is 20.1 Å². The molecular formula is C13H15N3O4. The van der Waals surface area contributed by atoms with Crippen LogP contribution in [0.4, 0.5) is 10.5 Å². The first-order valence-corrected chi connectivity index (χ1v) is 5.80. The van der Waals surface area contributed by atoms with Gasteiger partial charge in [-0.15, -0.1) is 0 Å². The van der Waals surface area contributed by atoms with Crippen LogP contribution < -0.4 is 10.1 Å². The predicted molar refractivity (Wildman–Crippen MR) is 71.6 cm³/mol. The fraction of sp³-hybridized carbons (Fsp3) is 0.308. The van der Waals surface area contributed by atoms with E-state index in [-0.39, 0.29) is 13.0 Å². The van der Waals surface area contributed by atoms with E-state index in [0.29, 0.717) is 17.0 Å². The summed E-state index contributed by atoms with van der Waals surface area (Å²) >= 11 is 0. The molecule has 0 fully saturated rings. The minimum absolute atomic E-state index is 0.0847. The average Bonchev–Trinajstić information content (AvgIpc) is 2.44. The number of nitrogens with zero attached hydrogens (tertiary/aromatic N) is 2. The highest BCUT2D eigenvalue weighted by molar-refractivity contribution is 5.91. The molecule has 0 saturated carbocycles. The summed E-state index contributed by atoms with van der Waals surface area (Å²) in [7, 11) is 2.93. The van der Waals surface area contributed by atoms with Gasteiger partial charge in [-0.25, -0.2) is 4.79 Å². The zero-order valence-electron chi connectivity index (χ0n) is 11.2. The van der Waals surface area contributed by atoms with Crippen LogP contribution in [0.2, 0.25) is 0 Å². The second-order valence-electron chi connectivity index (χ2n) is 4.02. The number of hydrogen-bond donors (Lipinski definition) is 2. The second kappa shape index (κ2) is 6.99. The Morgan fingerprint density at radius 1 is 1.50 bits per heavy atom. The first-order valence-electron chi connectivity index (χ1n) is 5.80. The van der Waals surface area contributed by atoms with Crippen LogP contribution in [-0.4, -0.2) is 42.7 Å². The quantitative estimate of drug-likeness (QED) is 0.849. The molecule has 0 heterocycles. The van der Waals surface area contributed by atoms with Gasteiger partial charge in [-0.2, -0.15) is 5.26 Å². The van der Waals surface area contributed by atoms with Gasteiger partial charge in [0.15, 0.2) is 0 Å². The average molecular weight is 277 g/mol. The Hall–Kier alpha value is -2.75. The van der Waals surface area contributed by atoms with Crippen LogP contribution in [0, 0.1) is 11.3 Å². The molecule has 0 unspecified atom stereocenters. The summed E-state index contributed by atoms with van der Waals surface area (Å²) in [6, 6.07) is 6.13. The van der Waals surface area contributed by atoms with E-state index in [1.54, 1.807) is 12.1 Å². The van der Waals surface area contributed by atoms with Crippen molar-refractivity contribution in [1.82, 2.24) is 4.90 Å². The van der Waals surface area contributed by atoms with Gasteiger partial charge in [-0.05, 0) is 18.2 Å². The van der Waals surface area contributed by atoms with Crippen LogP contribution in [0.3, 0.4) is 0 Å².